The van der Waals surface area contributed by atoms with Crippen LogP contribution in [0, 0.1) is 11.8 Å². The molecule has 2 heterocycles. The van der Waals surface area contributed by atoms with E-state index in [1.165, 1.54) is 19.3 Å². The number of nitrogens with one attached hydrogen (secondary N) is 2. The second-order valence-electron chi connectivity index (χ2n) is 7.97. The Labute approximate surface area is 205 Å². The Bertz CT molecular complexity index is 1390. The van der Waals surface area contributed by atoms with Crippen LogP contribution in [0.3, 0.4) is 0 Å². The molecule has 1 aliphatic rings. The average Bonchev–Trinajstić information content (AvgIpc) is 3.53. The molecule has 1 amide bonds. The maximum absolute atomic E-state index is 13.0. The molecule has 1 saturated carbocycles. The topological polar surface area (TPSA) is 106 Å². The fourth-order valence-electron chi connectivity index (χ4n) is 3.63. The van der Waals surface area contributed by atoms with Crippen LogP contribution in [0.2, 0.25) is 0 Å². The van der Waals surface area contributed by atoms with Crippen molar-refractivity contribution < 1.29 is 13.9 Å². The van der Waals surface area contributed by atoms with Crippen molar-refractivity contribution in [3.8, 4) is 29.0 Å². The highest BCUT2D eigenvalue weighted by atomic mass is 32.1. The standard InChI is InChI=1S/C25H21FN6O2S/c26-11-12-34-22-14-18(24-29-31-32-30-24)8-9-20(22)25(33)27-19-6-1-3-16(13-19)7-10-23-28-21(15-35-23)17-4-2-5-17/h1,3,6,8-9,13-15,17H,2,4-5,11-12H2,(H,27,33)(H,29,30,31,32). The largest absolute Gasteiger partial charge is 0.490 e. The summed E-state index contributed by atoms with van der Waals surface area (Å²) in [7, 11) is 0. The Hall–Kier alpha value is -4.10. The van der Waals surface area contributed by atoms with E-state index in [1.54, 1.807) is 41.7 Å². The van der Waals surface area contributed by atoms with Crippen molar-refractivity contribution in [3.05, 3.63) is 69.7 Å². The highest BCUT2D eigenvalue weighted by Gasteiger charge is 2.21. The third kappa shape index (κ3) is 5.36. The van der Waals surface area contributed by atoms with Crippen LogP contribution in [0.1, 0.15) is 51.8 Å². The first kappa shape index (κ1) is 22.7. The Morgan fingerprint density at radius 3 is 2.91 bits per heavy atom. The second-order valence-corrected chi connectivity index (χ2v) is 8.83. The van der Waals surface area contributed by atoms with Gasteiger partial charge in [0, 0.05) is 28.1 Å². The number of hydrogen-bond donors (Lipinski definition) is 2. The summed E-state index contributed by atoms with van der Waals surface area (Å²) in [4.78, 5) is 17.6. The van der Waals surface area contributed by atoms with Gasteiger partial charge >= 0.3 is 0 Å². The summed E-state index contributed by atoms with van der Waals surface area (Å²) in [5.41, 5.74) is 3.32. The SMILES string of the molecule is O=C(Nc1cccc(C#Cc2nc(C3CCC3)cs2)c1)c1ccc(-c2nn[nH]n2)cc1OCCF. The first-order chi connectivity index (χ1) is 17.2. The van der Waals surface area contributed by atoms with E-state index in [2.05, 4.69) is 48.1 Å². The summed E-state index contributed by atoms with van der Waals surface area (Å²) in [5.74, 6) is 7.00. The molecule has 0 radical (unpaired) electrons. The van der Waals surface area contributed by atoms with Gasteiger partial charge in [0.25, 0.3) is 5.91 Å². The predicted molar refractivity (Wildman–Crippen MR) is 130 cm³/mol. The molecule has 0 unspecified atom stereocenters. The zero-order chi connectivity index (χ0) is 24.0. The van der Waals surface area contributed by atoms with Crippen molar-refractivity contribution >= 4 is 22.9 Å². The van der Waals surface area contributed by atoms with Gasteiger partial charge in [0.15, 0.2) is 5.01 Å². The number of carbonyl (C=O) groups excluding carboxylic acids is 1. The van der Waals surface area contributed by atoms with Gasteiger partial charge in [-0.25, -0.2) is 9.37 Å². The number of hydrogen-bond acceptors (Lipinski definition) is 7. The number of benzene rings is 2. The molecule has 1 fully saturated rings. The minimum absolute atomic E-state index is 0.180. The van der Waals surface area contributed by atoms with Gasteiger partial charge in [-0.15, -0.1) is 21.5 Å². The van der Waals surface area contributed by atoms with E-state index in [4.69, 9.17) is 4.74 Å². The number of aromatic amines is 1. The number of tetrazole rings is 1. The van der Waals surface area contributed by atoms with Crippen LogP contribution in [-0.4, -0.2) is 44.8 Å². The summed E-state index contributed by atoms with van der Waals surface area (Å²) in [5, 5.41) is 19.5. The summed E-state index contributed by atoms with van der Waals surface area (Å²) in [6.45, 7) is -0.865. The lowest BCUT2D eigenvalue weighted by atomic mass is 9.83. The zero-order valence-electron chi connectivity index (χ0n) is 18.6. The van der Waals surface area contributed by atoms with Gasteiger partial charge in [0.05, 0.1) is 11.3 Å². The lowest BCUT2D eigenvalue weighted by Crippen LogP contribution is -2.14. The molecule has 35 heavy (non-hydrogen) atoms. The van der Waals surface area contributed by atoms with E-state index in [1.807, 2.05) is 12.1 Å². The quantitative estimate of drug-likeness (QED) is 0.369. The van der Waals surface area contributed by atoms with Gasteiger partial charge in [-0.1, -0.05) is 18.4 Å². The number of aromatic nitrogens is 5. The van der Waals surface area contributed by atoms with Crippen molar-refractivity contribution in [2.75, 3.05) is 18.6 Å². The van der Waals surface area contributed by atoms with Crippen molar-refractivity contribution in [2.24, 2.45) is 0 Å². The number of ether oxygens (including phenoxy) is 1. The maximum atomic E-state index is 13.0. The summed E-state index contributed by atoms with van der Waals surface area (Å²) in [6, 6.07) is 12.1. The molecule has 0 saturated heterocycles. The van der Waals surface area contributed by atoms with Crippen LogP contribution in [-0.2, 0) is 0 Å². The van der Waals surface area contributed by atoms with Gasteiger partial charge in [-0.05, 0) is 60.4 Å². The lowest BCUT2D eigenvalue weighted by Gasteiger charge is -2.22. The van der Waals surface area contributed by atoms with Crippen molar-refractivity contribution in [2.45, 2.75) is 25.2 Å². The number of nitrogens with zero attached hydrogens (tertiary/aromatic N) is 4. The molecule has 5 rings (SSSR count). The normalized spacial score (nSPS) is 12.9. The van der Waals surface area contributed by atoms with E-state index in [0.29, 0.717) is 23.0 Å². The number of halogens is 1. The van der Waals surface area contributed by atoms with Crippen molar-refractivity contribution in [1.29, 1.82) is 0 Å². The fraction of sp³-hybridized carbons (Fsp3) is 0.240. The smallest absolute Gasteiger partial charge is 0.259 e. The number of amides is 1. The van der Waals surface area contributed by atoms with Crippen LogP contribution in [0.4, 0.5) is 10.1 Å². The molecule has 176 valence electrons. The molecule has 2 aromatic heterocycles. The van der Waals surface area contributed by atoms with Crippen LogP contribution in [0.15, 0.2) is 47.8 Å². The van der Waals surface area contributed by atoms with Gasteiger partial charge in [-0.3, -0.25) is 4.79 Å². The molecule has 0 atom stereocenters. The number of rotatable bonds is 7. The third-order valence-electron chi connectivity index (χ3n) is 5.64. The molecule has 0 aliphatic heterocycles. The maximum Gasteiger partial charge on any atom is 0.259 e. The molecular formula is C25H21FN6O2S. The predicted octanol–water partition coefficient (Wildman–Crippen LogP) is 4.59. The van der Waals surface area contributed by atoms with Crippen molar-refractivity contribution in [1.82, 2.24) is 25.6 Å². The summed E-state index contributed by atoms with van der Waals surface area (Å²) < 4.78 is 18.2. The highest BCUT2D eigenvalue weighted by Crippen LogP contribution is 2.36. The Kier molecular flexibility index (Phi) is 6.77. The number of alkyl halides is 1. The zero-order valence-corrected chi connectivity index (χ0v) is 19.4. The molecular weight excluding hydrogens is 467 g/mol. The van der Waals surface area contributed by atoms with E-state index >= 15 is 0 Å². The first-order valence-corrected chi connectivity index (χ1v) is 12.0. The minimum Gasteiger partial charge on any atom is -0.490 e. The number of H-pyrrole nitrogens is 1. The van der Waals surface area contributed by atoms with Crippen LogP contribution >= 0.6 is 11.3 Å². The summed E-state index contributed by atoms with van der Waals surface area (Å²) >= 11 is 1.56. The fourth-order valence-corrected chi connectivity index (χ4v) is 4.38. The Morgan fingerprint density at radius 1 is 1.23 bits per heavy atom. The average molecular weight is 489 g/mol. The van der Waals surface area contributed by atoms with Crippen LogP contribution < -0.4 is 10.1 Å². The third-order valence-corrected chi connectivity index (χ3v) is 6.42. The Morgan fingerprint density at radius 2 is 2.14 bits per heavy atom. The van der Waals surface area contributed by atoms with E-state index < -0.39 is 12.6 Å². The van der Waals surface area contributed by atoms with E-state index in [-0.39, 0.29) is 17.9 Å². The number of carbonyl (C=O) groups is 1. The Balaban J connectivity index is 1.32. The molecule has 2 N–H and O–H groups in total. The number of anilines is 1. The highest BCUT2D eigenvalue weighted by molar-refractivity contribution is 7.10. The number of thiazole rings is 1. The van der Waals surface area contributed by atoms with Gasteiger partial charge < -0.3 is 10.1 Å². The lowest BCUT2D eigenvalue weighted by molar-refractivity contribution is 0.102. The van der Waals surface area contributed by atoms with E-state index in [9.17, 15) is 9.18 Å². The molecule has 0 bridgehead atoms. The molecule has 4 aromatic rings. The van der Waals surface area contributed by atoms with Gasteiger partial charge in [0.2, 0.25) is 5.82 Å². The minimum atomic E-state index is -0.685. The van der Waals surface area contributed by atoms with Gasteiger partial charge in [0.1, 0.15) is 19.0 Å². The molecule has 2 aromatic carbocycles. The van der Waals surface area contributed by atoms with Gasteiger partial charge in [-0.2, -0.15) is 5.21 Å². The second kappa shape index (κ2) is 10.4. The molecule has 0 spiro atoms. The molecule has 10 heteroatoms. The molecule has 1 aliphatic carbocycles. The van der Waals surface area contributed by atoms with Crippen LogP contribution in [0.25, 0.3) is 11.4 Å². The first-order valence-electron chi connectivity index (χ1n) is 11.1. The van der Waals surface area contributed by atoms with Crippen LogP contribution in [0.5, 0.6) is 5.75 Å². The van der Waals surface area contributed by atoms with Crippen molar-refractivity contribution in [3.63, 3.8) is 0 Å². The molecule has 8 nitrogen and oxygen atoms in total. The summed E-state index contributed by atoms with van der Waals surface area (Å²) in [6.07, 6.45) is 3.69. The van der Waals surface area contributed by atoms with E-state index in [0.717, 1.165) is 16.3 Å². The monoisotopic (exact) mass is 488 g/mol.